The Morgan fingerprint density at radius 2 is 1.89 bits per heavy atom. The summed E-state index contributed by atoms with van der Waals surface area (Å²) in [5.74, 6) is 1.44. The number of rotatable bonds is 2. The Labute approximate surface area is 111 Å². The number of nitrogens with one attached hydrogen (secondary N) is 3. The van der Waals surface area contributed by atoms with Crippen LogP contribution in [0.2, 0.25) is 5.02 Å². The molecule has 0 aromatic heterocycles. The van der Waals surface area contributed by atoms with Crippen molar-refractivity contribution >= 4 is 23.5 Å². The number of aliphatic imine (C=N–C) groups is 2. The second-order valence-electron chi connectivity index (χ2n) is 3.94. The molecule has 96 valence electrons. The van der Waals surface area contributed by atoms with Crippen molar-refractivity contribution in [2.24, 2.45) is 9.98 Å². The molecule has 1 atom stereocenters. The minimum absolute atomic E-state index is 0.0820. The van der Waals surface area contributed by atoms with Gasteiger partial charge in [-0.1, -0.05) is 23.7 Å². The van der Waals surface area contributed by atoms with Crippen LogP contribution in [0.25, 0.3) is 0 Å². The fraction of sp³-hybridized carbons (Fsp3) is 0.333. The van der Waals surface area contributed by atoms with Crippen LogP contribution in [0.3, 0.4) is 0 Å². The molecule has 1 heterocycles. The Bertz CT molecular complexity index is 466. The Balaban J connectivity index is 1.93. The number of hydrogen-bond acceptors (Lipinski definition) is 5. The fourth-order valence-corrected chi connectivity index (χ4v) is 1.71. The third-order valence-electron chi connectivity index (χ3n) is 2.48. The molecule has 6 heteroatoms. The van der Waals surface area contributed by atoms with Gasteiger partial charge < -0.3 is 10.6 Å². The van der Waals surface area contributed by atoms with E-state index in [1.54, 1.807) is 0 Å². The molecule has 0 radical (unpaired) electrons. The van der Waals surface area contributed by atoms with Gasteiger partial charge in [-0.25, -0.2) is 9.98 Å². The highest BCUT2D eigenvalue weighted by molar-refractivity contribution is 6.30. The van der Waals surface area contributed by atoms with Gasteiger partial charge in [0.2, 0.25) is 5.96 Å². The molecule has 18 heavy (non-hydrogen) atoms. The summed E-state index contributed by atoms with van der Waals surface area (Å²) >= 11 is 5.84. The summed E-state index contributed by atoms with van der Waals surface area (Å²) in [7, 11) is 1.82. The van der Waals surface area contributed by atoms with E-state index >= 15 is 0 Å². The Hall–Kier alpha value is -1.75. The van der Waals surface area contributed by atoms with Crippen LogP contribution in [0, 0.1) is 0 Å². The van der Waals surface area contributed by atoms with Crippen molar-refractivity contribution in [1.82, 2.24) is 16.0 Å². The topological polar surface area (TPSA) is 60.8 Å². The Morgan fingerprint density at radius 1 is 1.22 bits per heavy atom. The minimum atomic E-state index is -0.0820. The zero-order chi connectivity index (χ0) is 13.0. The van der Waals surface area contributed by atoms with Gasteiger partial charge >= 0.3 is 0 Å². The first kappa shape index (κ1) is 12.7. The van der Waals surface area contributed by atoms with E-state index in [0.717, 1.165) is 22.5 Å². The van der Waals surface area contributed by atoms with Gasteiger partial charge in [-0.05, 0) is 24.6 Å². The monoisotopic (exact) mass is 265 g/mol. The number of nitrogens with zero attached hydrogens (tertiary/aromatic N) is 2. The maximum absolute atomic E-state index is 5.84. The second-order valence-corrected chi connectivity index (χ2v) is 4.38. The lowest BCUT2D eigenvalue weighted by Crippen LogP contribution is -2.48. The highest BCUT2D eigenvalue weighted by atomic mass is 35.5. The van der Waals surface area contributed by atoms with Crippen LogP contribution >= 0.6 is 11.6 Å². The van der Waals surface area contributed by atoms with Gasteiger partial charge in [0.25, 0.3) is 0 Å². The molecule has 1 aromatic carbocycles. The first-order valence-electron chi connectivity index (χ1n) is 5.76. The van der Waals surface area contributed by atoms with Gasteiger partial charge in [0, 0.05) is 18.6 Å². The standard InChI is InChI=1S/C12H16ClN5/c1-8-16-11(14-2)18-12(17-8)15-7-9-3-5-10(13)6-4-9/h3-6,8H,7H2,1-2H3,(H3,14,15,16,17,18). The summed E-state index contributed by atoms with van der Waals surface area (Å²) in [5.41, 5.74) is 1.14. The summed E-state index contributed by atoms with van der Waals surface area (Å²) in [4.78, 5) is 8.62. The Morgan fingerprint density at radius 3 is 2.56 bits per heavy atom. The maximum atomic E-state index is 5.84. The van der Waals surface area contributed by atoms with Crippen LogP contribution in [-0.2, 0) is 6.54 Å². The molecule has 0 saturated heterocycles. The van der Waals surface area contributed by atoms with Crippen LogP contribution in [0.15, 0.2) is 34.3 Å². The second kappa shape index (κ2) is 5.73. The Kier molecular flexibility index (Phi) is 4.04. The first-order valence-corrected chi connectivity index (χ1v) is 6.14. The summed E-state index contributed by atoms with van der Waals surface area (Å²) in [6, 6.07) is 7.71. The van der Waals surface area contributed by atoms with Crippen LogP contribution in [0.1, 0.15) is 12.5 Å². The molecule has 3 N–H and O–H groups in total. The van der Waals surface area contributed by atoms with Crippen LogP contribution in [-0.4, -0.2) is 25.1 Å². The van der Waals surface area contributed by atoms with E-state index in [0.29, 0.717) is 6.54 Å². The molecule has 5 nitrogen and oxygen atoms in total. The number of benzene rings is 1. The zero-order valence-electron chi connectivity index (χ0n) is 10.4. The molecule has 0 aliphatic carbocycles. The van der Waals surface area contributed by atoms with Gasteiger partial charge in [-0.15, -0.1) is 0 Å². The van der Waals surface area contributed by atoms with E-state index in [4.69, 9.17) is 11.6 Å². The molecule has 0 spiro atoms. The van der Waals surface area contributed by atoms with Crippen molar-refractivity contribution in [2.75, 3.05) is 7.05 Å². The van der Waals surface area contributed by atoms with E-state index in [1.807, 2.05) is 38.2 Å². The molecule has 1 aliphatic rings. The fourth-order valence-electron chi connectivity index (χ4n) is 1.58. The highest BCUT2D eigenvalue weighted by Crippen LogP contribution is 2.09. The SMILES string of the molecule is CNC1=NC(C)N=C(NCc2ccc(Cl)cc2)N1. The lowest BCUT2D eigenvalue weighted by molar-refractivity contribution is 0.730. The van der Waals surface area contributed by atoms with Crippen molar-refractivity contribution in [3.05, 3.63) is 34.9 Å². The average molecular weight is 266 g/mol. The maximum Gasteiger partial charge on any atom is 0.200 e. The van der Waals surface area contributed by atoms with Crippen molar-refractivity contribution in [3.8, 4) is 0 Å². The van der Waals surface area contributed by atoms with Crippen LogP contribution in [0.4, 0.5) is 0 Å². The molecular formula is C12H16ClN5. The molecule has 1 unspecified atom stereocenters. The normalized spacial score (nSPS) is 18.5. The van der Waals surface area contributed by atoms with Gasteiger partial charge in [-0.2, -0.15) is 0 Å². The third kappa shape index (κ3) is 3.37. The summed E-state index contributed by atoms with van der Waals surface area (Å²) in [5, 5.41) is 10.0. The predicted octanol–water partition coefficient (Wildman–Crippen LogP) is 1.31. The summed E-state index contributed by atoms with van der Waals surface area (Å²) in [6.07, 6.45) is -0.0820. The van der Waals surface area contributed by atoms with Gasteiger partial charge in [0.15, 0.2) is 5.96 Å². The first-order chi connectivity index (χ1) is 8.67. The van der Waals surface area contributed by atoms with Crippen molar-refractivity contribution in [3.63, 3.8) is 0 Å². The summed E-state index contributed by atoms with van der Waals surface area (Å²) < 4.78 is 0. The zero-order valence-corrected chi connectivity index (χ0v) is 11.1. The minimum Gasteiger partial charge on any atom is -0.359 e. The lowest BCUT2D eigenvalue weighted by atomic mass is 10.2. The third-order valence-corrected chi connectivity index (χ3v) is 2.73. The molecule has 0 amide bonds. The number of hydrogen-bond donors (Lipinski definition) is 3. The van der Waals surface area contributed by atoms with Crippen molar-refractivity contribution in [1.29, 1.82) is 0 Å². The molecule has 1 aliphatic heterocycles. The van der Waals surface area contributed by atoms with Crippen molar-refractivity contribution < 1.29 is 0 Å². The molecular weight excluding hydrogens is 250 g/mol. The highest BCUT2D eigenvalue weighted by Gasteiger charge is 2.11. The predicted molar refractivity (Wildman–Crippen MR) is 74.8 cm³/mol. The van der Waals surface area contributed by atoms with Gasteiger partial charge in [-0.3, -0.25) is 5.32 Å². The summed E-state index contributed by atoms with van der Waals surface area (Å²) in [6.45, 7) is 2.62. The van der Waals surface area contributed by atoms with Gasteiger partial charge in [0.1, 0.15) is 6.17 Å². The number of halogens is 1. The molecule has 0 fully saturated rings. The average Bonchev–Trinajstić information content (AvgIpc) is 2.37. The van der Waals surface area contributed by atoms with E-state index in [-0.39, 0.29) is 6.17 Å². The quantitative estimate of drug-likeness (QED) is 0.756. The molecule has 1 aromatic rings. The molecule has 2 rings (SSSR count). The molecule has 0 saturated carbocycles. The molecule has 0 bridgehead atoms. The van der Waals surface area contributed by atoms with E-state index in [9.17, 15) is 0 Å². The van der Waals surface area contributed by atoms with Crippen molar-refractivity contribution in [2.45, 2.75) is 19.6 Å². The van der Waals surface area contributed by atoms with E-state index < -0.39 is 0 Å². The van der Waals surface area contributed by atoms with Crippen LogP contribution < -0.4 is 16.0 Å². The van der Waals surface area contributed by atoms with Gasteiger partial charge in [0.05, 0.1) is 0 Å². The smallest absolute Gasteiger partial charge is 0.200 e. The lowest BCUT2D eigenvalue weighted by Gasteiger charge is -2.19. The van der Waals surface area contributed by atoms with E-state index in [1.165, 1.54) is 0 Å². The largest absolute Gasteiger partial charge is 0.359 e. The van der Waals surface area contributed by atoms with E-state index in [2.05, 4.69) is 25.9 Å². The number of guanidine groups is 2. The van der Waals surface area contributed by atoms with Crippen LogP contribution in [0.5, 0.6) is 0 Å².